The molecule has 0 saturated heterocycles. The van der Waals surface area contributed by atoms with Crippen LogP contribution < -0.4 is 10.2 Å². The molecule has 1 aromatic heterocycles. The van der Waals surface area contributed by atoms with Gasteiger partial charge in [-0.2, -0.15) is 0 Å². The number of benzene rings is 2. The second-order valence-corrected chi connectivity index (χ2v) is 8.64. The van der Waals surface area contributed by atoms with Crippen molar-refractivity contribution in [2.45, 2.75) is 23.8 Å². The first-order chi connectivity index (χ1) is 13.3. The van der Waals surface area contributed by atoms with Crippen molar-refractivity contribution in [2.24, 2.45) is 0 Å². The lowest BCUT2D eigenvalue weighted by atomic mass is 10.00. The van der Waals surface area contributed by atoms with Crippen molar-refractivity contribution in [1.29, 1.82) is 0 Å². The Hall–Kier alpha value is -2.62. The van der Waals surface area contributed by atoms with E-state index in [2.05, 4.69) is 14.7 Å². The molecule has 3 rings (SSSR count). The van der Waals surface area contributed by atoms with Crippen molar-refractivity contribution >= 4 is 33.4 Å². The van der Waals surface area contributed by atoms with Gasteiger partial charge in [-0.05, 0) is 55.5 Å². The van der Waals surface area contributed by atoms with Crippen molar-refractivity contribution in [2.75, 3.05) is 16.5 Å². The zero-order valence-corrected chi connectivity index (χ0v) is 17.2. The van der Waals surface area contributed by atoms with E-state index in [4.69, 9.17) is 5.21 Å². The Labute approximate surface area is 168 Å². The number of sulfonamides is 1. The second-order valence-electron chi connectivity index (χ2n) is 6.13. The van der Waals surface area contributed by atoms with E-state index in [0.29, 0.717) is 10.7 Å². The Morgan fingerprint density at radius 3 is 2.32 bits per heavy atom. The van der Waals surface area contributed by atoms with Crippen molar-refractivity contribution in [3.8, 4) is 11.3 Å². The van der Waals surface area contributed by atoms with E-state index in [0.717, 1.165) is 16.7 Å². The van der Waals surface area contributed by atoms with Crippen molar-refractivity contribution in [1.82, 2.24) is 9.97 Å². The number of hydrogen-bond acceptors (Lipinski definition) is 7. The number of rotatable bonds is 6. The molecule has 0 aliphatic rings. The maximum atomic E-state index is 12.7. The molecule has 0 spiro atoms. The largest absolute Gasteiger partial charge is 0.291 e. The average molecular weight is 417 g/mol. The molecule has 3 aromatic rings. The first kappa shape index (κ1) is 20.1. The minimum absolute atomic E-state index is 0.00753. The smallest absolute Gasteiger partial charge is 0.264 e. The Morgan fingerprint density at radius 2 is 1.68 bits per heavy atom. The molecule has 0 atom stereocenters. The van der Waals surface area contributed by atoms with Gasteiger partial charge in [-0.25, -0.2) is 23.1 Å². The van der Waals surface area contributed by atoms with Gasteiger partial charge in [0.1, 0.15) is 5.03 Å². The van der Waals surface area contributed by atoms with Crippen LogP contribution in [0, 0.1) is 13.8 Å². The highest BCUT2D eigenvalue weighted by molar-refractivity contribution is 7.98. The predicted octanol–water partition coefficient (Wildman–Crippen LogP) is 4.08. The topological polar surface area (TPSA) is 104 Å². The number of thioether (sulfide) groups is 1. The molecule has 7 nitrogen and oxygen atoms in total. The summed E-state index contributed by atoms with van der Waals surface area (Å²) in [6.45, 7) is 3.97. The molecule has 3 N–H and O–H groups in total. The van der Waals surface area contributed by atoms with E-state index in [-0.39, 0.29) is 16.5 Å². The third-order valence-electron chi connectivity index (χ3n) is 4.15. The highest BCUT2D eigenvalue weighted by atomic mass is 32.2. The van der Waals surface area contributed by atoms with Crippen LogP contribution in [0.3, 0.4) is 0 Å². The van der Waals surface area contributed by atoms with E-state index in [1.165, 1.54) is 30.0 Å². The lowest BCUT2D eigenvalue weighted by Gasteiger charge is -2.13. The zero-order chi connectivity index (χ0) is 20.3. The van der Waals surface area contributed by atoms with E-state index in [1.54, 1.807) is 6.07 Å². The summed E-state index contributed by atoms with van der Waals surface area (Å²) in [7, 11) is -3.93. The summed E-state index contributed by atoms with van der Waals surface area (Å²) in [4.78, 5) is 8.72. The molecule has 0 aliphatic carbocycles. The Balaban J connectivity index is 2.05. The van der Waals surface area contributed by atoms with Gasteiger partial charge in [0.25, 0.3) is 10.0 Å². The first-order valence-corrected chi connectivity index (χ1v) is 11.1. The SMILES string of the molecule is CSc1cc(-c2c(C)cccc2C)nc(NS(=O)(=O)c2cccc(NO)c2)n1. The minimum atomic E-state index is -3.93. The third kappa shape index (κ3) is 4.27. The number of nitrogens with zero attached hydrogens (tertiary/aromatic N) is 2. The monoisotopic (exact) mass is 416 g/mol. The fourth-order valence-corrected chi connectivity index (χ4v) is 4.23. The second kappa shape index (κ2) is 8.17. The number of aromatic nitrogens is 2. The van der Waals surface area contributed by atoms with Crippen LogP contribution in [0.4, 0.5) is 11.6 Å². The van der Waals surface area contributed by atoms with E-state index >= 15 is 0 Å². The van der Waals surface area contributed by atoms with Gasteiger partial charge in [-0.1, -0.05) is 24.3 Å². The van der Waals surface area contributed by atoms with Gasteiger partial charge < -0.3 is 0 Å². The van der Waals surface area contributed by atoms with Gasteiger partial charge in [0.15, 0.2) is 0 Å². The molecule has 0 unspecified atom stereocenters. The van der Waals surface area contributed by atoms with E-state index in [9.17, 15) is 8.42 Å². The van der Waals surface area contributed by atoms with Crippen LogP contribution >= 0.6 is 11.8 Å². The molecule has 0 aliphatic heterocycles. The highest BCUT2D eigenvalue weighted by Crippen LogP contribution is 2.29. The molecule has 0 fully saturated rings. The van der Waals surface area contributed by atoms with Crippen molar-refractivity contribution in [3.63, 3.8) is 0 Å². The fraction of sp³-hybridized carbons (Fsp3) is 0.158. The molecule has 9 heteroatoms. The van der Waals surface area contributed by atoms with Crippen LogP contribution in [0.2, 0.25) is 0 Å². The molecule has 2 aromatic carbocycles. The number of hydrogen-bond donors (Lipinski definition) is 3. The van der Waals surface area contributed by atoms with E-state index in [1.807, 2.05) is 49.8 Å². The van der Waals surface area contributed by atoms with Crippen LogP contribution in [0.1, 0.15) is 11.1 Å². The van der Waals surface area contributed by atoms with Gasteiger partial charge in [0, 0.05) is 5.56 Å². The molecule has 0 bridgehead atoms. The Bertz CT molecular complexity index is 1100. The summed E-state index contributed by atoms with van der Waals surface area (Å²) in [5.41, 5.74) is 5.89. The number of anilines is 2. The maximum absolute atomic E-state index is 12.7. The Kier molecular flexibility index (Phi) is 5.87. The van der Waals surface area contributed by atoms with Crippen LogP contribution in [-0.2, 0) is 10.0 Å². The van der Waals surface area contributed by atoms with Crippen molar-refractivity contribution in [3.05, 3.63) is 59.7 Å². The number of nitrogens with one attached hydrogen (secondary N) is 2. The van der Waals surface area contributed by atoms with Crippen molar-refractivity contribution < 1.29 is 13.6 Å². The van der Waals surface area contributed by atoms with Crippen LogP contribution in [0.15, 0.2) is 58.5 Å². The van der Waals surface area contributed by atoms with Gasteiger partial charge in [-0.15, -0.1) is 11.8 Å². The van der Waals surface area contributed by atoms with Crippen LogP contribution in [0.5, 0.6) is 0 Å². The predicted molar refractivity (Wildman–Crippen MR) is 111 cm³/mol. The summed E-state index contributed by atoms with van der Waals surface area (Å²) in [5.74, 6) is -0.00753. The lowest BCUT2D eigenvalue weighted by molar-refractivity contribution is 0.388. The summed E-state index contributed by atoms with van der Waals surface area (Å²) >= 11 is 1.40. The third-order valence-corrected chi connectivity index (χ3v) is 6.10. The molecule has 28 heavy (non-hydrogen) atoms. The van der Waals surface area contributed by atoms with Gasteiger partial charge in [-0.3, -0.25) is 10.7 Å². The molecule has 1 heterocycles. The summed E-state index contributed by atoms with van der Waals surface area (Å²) in [6, 6.07) is 13.6. The van der Waals surface area contributed by atoms with Crippen LogP contribution in [-0.4, -0.2) is 29.8 Å². The van der Waals surface area contributed by atoms with E-state index < -0.39 is 10.0 Å². The molecule has 0 saturated carbocycles. The summed E-state index contributed by atoms with van der Waals surface area (Å²) in [6.07, 6.45) is 1.87. The Morgan fingerprint density at radius 1 is 1.00 bits per heavy atom. The summed E-state index contributed by atoms with van der Waals surface area (Å²) in [5, 5.41) is 9.66. The van der Waals surface area contributed by atoms with Gasteiger partial charge in [0.05, 0.1) is 16.3 Å². The molecule has 0 radical (unpaired) electrons. The molecular weight excluding hydrogens is 396 g/mol. The van der Waals surface area contributed by atoms with Gasteiger partial charge in [0.2, 0.25) is 5.95 Å². The quantitative estimate of drug-likeness (QED) is 0.316. The zero-order valence-electron chi connectivity index (χ0n) is 15.6. The standard InChI is InChI=1S/C19H20N4O3S2/c1-12-6-4-7-13(2)18(12)16-11-17(27-3)21-19(20-16)23-28(25,26)15-9-5-8-14(10-15)22-24/h4-11,22,24H,1-3H3,(H,20,21,23). The number of aryl methyl sites for hydroxylation is 2. The fourth-order valence-electron chi connectivity index (χ4n) is 2.83. The minimum Gasteiger partial charge on any atom is -0.291 e. The highest BCUT2D eigenvalue weighted by Gasteiger charge is 2.18. The normalized spacial score (nSPS) is 11.3. The van der Waals surface area contributed by atoms with Crippen LogP contribution in [0.25, 0.3) is 11.3 Å². The molecule has 0 amide bonds. The summed E-state index contributed by atoms with van der Waals surface area (Å²) < 4.78 is 27.9. The van der Waals surface area contributed by atoms with Gasteiger partial charge >= 0.3 is 0 Å². The molecule has 146 valence electrons. The maximum Gasteiger partial charge on any atom is 0.264 e. The average Bonchev–Trinajstić information content (AvgIpc) is 2.67. The lowest BCUT2D eigenvalue weighted by Crippen LogP contribution is -2.16. The molecular formula is C19H20N4O3S2. The first-order valence-electron chi connectivity index (χ1n) is 8.36.